The molecule has 0 amide bonds. The maximum atomic E-state index is 4.75. The minimum atomic E-state index is 0.610. The van der Waals surface area contributed by atoms with Crippen LogP contribution in [0.1, 0.15) is 51.1 Å². The average Bonchev–Trinajstić information content (AvgIpc) is 2.91. The van der Waals surface area contributed by atoms with Crippen molar-refractivity contribution in [2.75, 3.05) is 23.3 Å². The van der Waals surface area contributed by atoms with Gasteiger partial charge in [0.1, 0.15) is 5.82 Å². The highest BCUT2D eigenvalue weighted by molar-refractivity contribution is 5.44. The minimum Gasteiger partial charge on any atom is -0.367 e. The predicted molar refractivity (Wildman–Crippen MR) is 83.3 cm³/mol. The van der Waals surface area contributed by atoms with Gasteiger partial charge in [-0.15, -0.1) is 0 Å². The van der Waals surface area contributed by atoms with Crippen LogP contribution in [0.4, 0.5) is 11.8 Å². The van der Waals surface area contributed by atoms with E-state index < -0.39 is 0 Å². The molecule has 1 aliphatic carbocycles. The molecular formula is C16H26N4. The molecule has 0 bridgehead atoms. The van der Waals surface area contributed by atoms with Crippen LogP contribution in [0, 0.1) is 12.8 Å². The van der Waals surface area contributed by atoms with Crippen molar-refractivity contribution in [3.63, 3.8) is 0 Å². The highest BCUT2D eigenvalue weighted by Crippen LogP contribution is 2.24. The van der Waals surface area contributed by atoms with Crippen molar-refractivity contribution >= 4 is 11.8 Å². The lowest BCUT2D eigenvalue weighted by molar-refractivity contribution is 0.434. The molecule has 0 aromatic carbocycles. The van der Waals surface area contributed by atoms with Crippen LogP contribution >= 0.6 is 0 Å². The van der Waals surface area contributed by atoms with E-state index in [-0.39, 0.29) is 0 Å². The second-order valence-electron chi connectivity index (χ2n) is 6.49. The van der Waals surface area contributed by atoms with E-state index >= 15 is 0 Å². The fraction of sp³-hybridized carbons (Fsp3) is 0.750. The molecule has 1 saturated carbocycles. The summed E-state index contributed by atoms with van der Waals surface area (Å²) in [6, 6.07) is 2.69. The number of rotatable bonds is 3. The van der Waals surface area contributed by atoms with Crippen molar-refractivity contribution in [2.24, 2.45) is 5.92 Å². The van der Waals surface area contributed by atoms with Gasteiger partial charge in [-0.3, -0.25) is 0 Å². The van der Waals surface area contributed by atoms with Crippen LogP contribution in [0.25, 0.3) is 0 Å². The molecule has 20 heavy (non-hydrogen) atoms. The van der Waals surface area contributed by atoms with Crippen LogP contribution in [0.3, 0.4) is 0 Å². The second kappa shape index (κ2) is 5.98. The van der Waals surface area contributed by atoms with Gasteiger partial charge in [0.15, 0.2) is 0 Å². The SMILES string of the molecule is Cc1cc(NC2CCCC2)nc(N2CCC(C)CC2)n1. The predicted octanol–water partition coefficient (Wildman–Crippen LogP) is 3.38. The molecular weight excluding hydrogens is 248 g/mol. The van der Waals surface area contributed by atoms with Gasteiger partial charge in [0.05, 0.1) is 0 Å². The van der Waals surface area contributed by atoms with Crippen LogP contribution < -0.4 is 10.2 Å². The highest BCUT2D eigenvalue weighted by Gasteiger charge is 2.20. The summed E-state index contributed by atoms with van der Waals surface area (Å²) >= 11 is 0. The van der Waals surface area contributed by atoms with Gasteiger partial charge in [-0.1, -0.05) is 19.8 Å². The molecule has 0 unspecified atom stereocenters. The number of hydrogen-bond donors (Lipinski definition) is 1. The van der Waals surface area contributed by atoms with Gasteiger partial charge in [-0.25, -0.2) is 4.98 Å². The Morgan fingerprint density at radius 3 is 2.50 bits per heavy atom. The first-order valence-electron chi connectivity index (χ1n) is 8.08. The smallest absolute Gasteiger partial charge is 0.227 e. The van der Waals surface area contributed by atoms with Gasteiger partial charge >= 0.3 is 0 Å². The Balaban J connectivity index is 1.72. The van der Waals surface area contributed by atoms with E-state index in [4.69, 9.17) is 4.98 Å². The molecule has 1 aliphatic heterocycles. The van der Waals surface area contributed by atoms with Gasteiger partial charge in [0.25, 0.3) is 0 Å². The molecule has 1 aromatic rings. The van der Waals surface area contributed by atoms with Crippen molar-refractivity contribution in [2.45, 2.75) is 58.4 Å². The summed E-state index contributed by atoms with van der Waals surface area (Å²) in [6.45, 7) is 6.58. The summed E-state index contributed by atoms with van der Waals surface area (Å²) in [5, 5.41) is 3.59. The number of hydrogen-bond acceptors (Lipinski definition) is 4. The standard InChI is InChI=1S/C16H26N4/c1-12-7-9-20(10-8-12)16-17-13(2)11-15(19-16)18-14-5-3-4-6-14/h11-12,14H,3-10H2,1-2H3,(H,17,18,19). The summed E-state index contributed by atoms with van der Waals surface area (Å²) in [5.74, 6) is 2.77. The van der Waals surface area contributed by atoms with E-state index in [1.54, 1.807) is 0 Å². The van der Waals surface area contributed by atoms with Crippen molar-refractivity contribution in [3.8, 4) is 0 Å². The van der Waals surface area contributed by atoms with Crippen LogP contribution in [0.15, 0.2) is 6.07 Å². The lowest BCUT2D eigenvalue weighted by Gasteiger charge is -2.30. The van der Waals surface area contributed by atoms with Crippen molar-refractivity contribution < 1.29 is 0 Å². The fourth-order valence-electron chi connectivity index (χ4n) is 3.26. The van der Waals surface area contributed by atoms with Gasteiger partial charge in [0.2, 0.25) is 5.95 Å². The van der Waals surface area contributed by atoms with Gasteiger partial charge in [-0.2, -0.15) is 4.98 Å². The summed E-state index contributed by atoms with van der Waals surface area (Å²) in [4.78, 5) is 11.7. The summed E-state index contributed by atoms with van der Waals surface area (Å²) in [5.41, 5.74) is 1.06. The van der Waals surface area contributed by atoms with E-state index in [1.807, 2.05) is 0 Å². The zero-order valence-corrected chi connectivity index (χ0v) is 12.7. The zero-order chi connectivity index (χ0) is 13.9. The number of anilines is 2. The third-order valence-electron chi connectivity index (χ3n) is 4.62. The van der Waals surface area contributed by atoms with E-state index in [2.05, 4.69) is 35.1 Å². The Bertz CT molecular complexity index is 446. The lowest BCUT2D eigenvalue weighted by Crippen LogP contribution is -2.34. The Kier molecular flexibility index (Phi) is 4.08. The number of nitrogens with zero attached hydrogens (tertiary/aromatic N) is 3. The lowest BCUT2D eigenvalue weighted by atomic mass is 10.00. The first-order chi connectivity index (χ1) is 9.70. The second-order valence-corrected chi connectivity index (χ2v) is 6.49. The molecule has 1 saturated heterocycles. The first kappa shape index (κ1) is 13.7. The van der Waals surface area contributed by atoms with Crippen molar-refractivity contribution in [3.05, 3.63) is 11.8 Å². The largest absolute Gasteiger partial charge is 0.367 e. The van der Waals surface area contributed by atoms with Crippen molar-refractivity contribution in [1.29, 1.82) is 0 Å². The molecule has 1 aromatic heterocycles. The third-order valence-corrected chi connectivity index (χ3v) is 4.62. The topological polar surface area (TPSA) is 41.1 Å². The molecule has 110 valence electrons. The molecule has 2 heterocycles. The van der Waals surface area contributed by atoms with Crippen LogP contribution in [-0.4, -0.2) is 29.1 Å². The molecule has 0 atom stereocenters. The molecule has 4 heteroatoms. The molecule has 0 radical (unpaired) electrons. The van der Waals surface area contributed by atoms with Gasteiger partial charge in [0, 0.05) is 30.9 Å². The Hall–Kier alpha value is -1.32. The molecule has 2 aliphatic rings. The van der Waals surface area contributed by atoms with E-state index in [9.17, 15) is 0 Å². The summed E-state index contributed by atoms with van der Waals surface area (Å²) < 4.78 is 0. The summed E-state index contributed by atoms with van der Waals surface area (Å²) in [6.07, 6.45) is 7.75. The Morgan fingerprint density at radius 2 is 1.80 bits per heavy atom. The number of aryl methyl sites for hydroxylation is 1. The van der Waals surface area contributed by atoms with Crippen LogP contribution in [-0.2, 0) is 0 Å². The van der Waals surface area contributed by atoms with Crippen LogP contribution in [0.5, 0.6) is 0 Å². The number of nitrogens with one attached hydrogen (secondary N) is 1. The Labute approximate surface area is 122 Å². The molecule has 2 fully saturated rings. The summed E-state index contributed by atoms with van der Waals surface area (Å²) in [7, 11) is 0. The number of piperidine rings is 1. The van der Waals surface area contributed by atoms with E-state index in [0.29, 0.717) is 6.04 Å². The minimum absolute atomic E-state index is 0.610. The molecule has 0 spiro atoms. The molecule has 3 rings (SSSR count). The monoisotopic (exact) mass is 274 g/mol. The van der Waals surface area contributed by atoms with E-state index in [0.717, 1.165) is 36.5 Å². The van der Waals surface area contributed by atoms with E-state index in [1.165, 1.54) is 38.5 Å². The van der Waals surface area contributed by atoms with Crippen molar-refractivity contribution in [1.82, 2.24) is 9.97 Å². The van der Waals surface area contributed by atoms with Gasteiger partial charge < -0.3 is 10.2 Å². The average molecular weight is 274 g/mol. The quantitative estimate of drug-likeness (QED) is 0.917. The number of aromatic nitrogens is 2. The fourth-order valence-corrected chi connectivity index (χ4v) is 3.26. The highest BCUT2D eigenvalue weighted by atomic mass is 15.3. The molecule has 4 nitrogen and oxygen atoms in total. The Morgan fingerprint density at radius 1 is 1.10 bits per heavy atom. The maximum absolute atomic E-state index is 4.75. The normalized spacial score (nSPS) is 21.4. The van der Waals surface area contributed by atoms with Crippen LogP contribution in [0.2, 0.25) is 0 Å². The zero-order valence-electron chi connectivity index (χ0n) is 12.7. The maximum Gasteiger partial charge on any atom is 0.227 e. The molecule has 1 N–H and O–H groups in total. The first-order valence-corrected chi connectivity index (χ1v) is 8.08. The van der Waals surface area contributed by atoms with Gasteiger partial charge in [-0.05, 0) is 38.5 Å². The third kappa shape index (κ3) is 3.22.